The number of hydrogen-bond acceptors (Lipinski definition) is 5. The van der Waals surface area contributed by atoms with Crippen molar-refractivity contribution in [1.82, 2.24) is 5.32 Å². The smallest absolute Gasteiger partial charge is 0.321 e. The van der Waals surface area contributed by atoms with E-state index < -0.39 is 12.0 Å². The molecule has 2 atom stereocenters. The van der Waals surface area contributed by atoms with Gasteiger partial charge in [-0.15, -0.1) is 11.8 Å². The van der Waals surface area contributed by atoms with Crippen molar-refractivity contribution in [1.29, 1.82) is 0 Å². The Hall–Kier alpha value is -2.70. The maximum absolute atomic E-state index is 11.4. The first-order chi connectivity index (χ1) is 14.5. The summed E-state index contributed by atoms with van der Waals surface area (Å²) in [5.74, 6) is 1.36. The van der Waals surface area contributed by atoms with Crippen LogP contribution in [0.1, 0.15) is 22.1 Å². The molecule has 1 aliphatic heterocycles. The molecule has 0 amide bonds. The Morgan fingerprint density at radius 3 is 2.50 bits per heavy atom. The van der Waals surface area contributed by atoms with Crippen molar-refractivity contribution in [3.63, 3.8) is 0 Å². The lowest BCUT2D eigenvalue weighted by atomic mass is 10.0. The number of nitrogens with one attached hydrogen (secondary N) is 1. The summed E-state index contributed by atoms with van der Waals surface area (Å²) in [4.78, 5) is 11.4. The van der Waals surface area contributed by atoms with Crippen LogP contribution < -0.4 is 14.8 Å². The summed E-state index contributed by atoms with van der Waals surface area (Å²) < 4.78 is 12.1. The summed E-state index contributed by atoms with van der Waals surface area (Å²) in [5.41, 5.74) is 3.20. The number of aryl methyl sites for hydroxylation is 2. The maximum atomic E-state index is 11.4. The Morgan fingerprint density at radius 1 is 1.03 bits per heavy atom. The molecule has 4 rings (SSSR count). The summed E-state index contributed by atoms with van der Waals surface area (Å²) in [6.07, 6.45) is 0. The molecule has 2 unspecified atom stereocenters. The summed E-state index contributed by atoms with van der Waals surface area (Å²) in [6.45, 7) is 4.90. The van der Waals surface area contributed by atoms with Gasteiger partial charge in [0.25, 0.3) is 0 Å². The van der Waals surface area contributed by atoms with Crippen molar-refractivity contribution in [2.75, 3.05) is 19.0 Å². The summed E-state index contributed by atoms with van der Waals surface area (Å²) in [5, 5.41) is 14.6. The largest absolute Gasteiger partial charge is 0.490 e. The Bertz CT molecular complexity index is 1050. The van der Waals surface area contributed by atoms with Crippen molar-refractivity contribution < 1.29 is 19.4 Å². The van der Waals surface area contributed by atoms with Crippen LogP contribution >= 0.6 is 11.8 Å². The van der Waals surface area contributed by atoms with Crippen LogP contribution in [0.5, 0.6) is 11.5 Å². The molecule has 30 heavy (non-hydrogen) atoms. The Kier molecular flexibility index (Phi) is 6.16. The van der Waals surface area contributed by atoms with E-state index in [0.29, 0.717) is 19.0 Å². The fourth-order valence-corrected chi connectivity index (χ4v) is 5.07. The van der Waals surface area contributed by atoms with Crippen molar-refractivity contribution in [3.05, 3.63) is 71.3 Å². The van der Waals surface area contributed by atoms with E-state index in [4.69, 9.17) is 9.47 Å². The summed E-state index contributed by atoms with van der Waals surface area (Å²) in [6, 6.07) is 17.6. The Labute approximate surface area is 180 Å². The molecular weight excluding hydrogens is 398 g/mol. The van der Waals surface area contributed by atoms with Crippen LogP contribution in [-0.4, -0.2) is 36.1 Å². The molecule has 3 aromatic rings. The van der Waals surface area contributed by atoms with E-state index in [0.717, 1.165) is 39.0 Å². The average Bonchev–Trinajstić information content (AvgIpc) is 3.22. The molecule has 156 valence electrons. The van der Waals surface area contributed by atoms with Gasteiger partial charge in [0.1, 0.15) is 30.8 Å². The Balaban J connectivity index is 1.53. The zero-order chi connectivity index (χ0) is 21.1. The normalized spacial score (nSPS) is 18.5. The molecule has 6 heteroatoms. The molecule has 0 spiro atoms. The minimum absolute atomic E-state index is 0.133. The molecule has 0 radical (unpaired) electrons. The number of carboxylic acids is 1. The van der Waals surface area contributed by atoms with Gasteiger partial charge in [0.05, 0.1) is 5.37 Å². The van der Waals surface area contributed by atoms with Gasteiger partial charge < -0.3 is 14.6 Å². The minimum atomic E-state index is -0.824. The first-order valence-electron chi connectivity index (χ1n) is 9.98. The molecule has 1 saturated heterocycles. The quantitative estimate of drug-likeness (QED) is 0.537. The molecule has 2 N–H and O–H groups in total. The minimum Gasteiger partial charge on any atom is -0.490 e. The third-order valence-corrected chi connectivity index (χ3v) is 6.50. The van der Waals surface area contributed by atoms with Gasteiger partial charge in [0.2, 0.25) is 0 Å². The lowest BCUT2D eigenvalue weighted by Gasteiger charge is -2.20. The molecule has 0 aromatic heterocycles. The number of ether oxygens (including phenoxy) is 2. The van der Waals surface area contributed by atoms with Gasteiger partial charge >= 0.3 is 5.97 Å². The van der Waals surface area contributed by atoms with Crippen LogP contribution in [0.4, 0.5) is 0 Å². The first-order valence-corrected chi connectivity index (χ1v) is 11.0. The van der Waals surface area contributed by atoms with Gasteiger partial charge in [-0.1, -0.05) is 48.5 Å². The van der Waals surface area contributed by atoms with Crippen molar-refractivity contribution >= 4 is 28.5 Å². The highest BCUT2D eigenvalue weighted by Gasteiger charge is 2.33. The van der Waals surface area contributed by atoms with Gasteiger partial charge in [-0.05, 0) is 41.8 Å². The fraction of sp³-hybridized carbons (Fsp3) is 0.292. The number of rotatable bonds is 7. The predicted octanol–water partition coefficient (Wildman–Crippen LogP) is 4.70. The van der Waals surface area contributed by atoms with Crippen LogP contribution in [-0.2, 0) is 4.79 Å². The zero-order valence-corrected chi connectivity index (χ0v) is 17.9. The first kappa shape index (κ1) is 20.6. The lowest BCUT2D eigenvalue weighted by Crippen LogP contribution is -2.33. The van der Waals surface area contributed by atoms with Crippen LogP contribution in [0.25, 0.3) is 10.8 Å². The monoisotopic (exact) mass is 423 g/mol. The van der Waals surface area contributed by atoms with E-state index >= 15 is 0 Å². The van der Waals surface area contributed by atoms with Crippen molar-refractivity contribution in [2.24, 2.45) is 0 Å². The highest BCUT2D eigenvalue weighted by atomic mass is 32.2. The van der Waals surface area contributed by atoms with Gasteiger partial charge in [0.15, 0.2) is 0 Å². The maximum Gasteiger partial charge on any atom is 0.321 e. The molecule has 1 heterocycles. The number of fused-ring (bicyclic) bond motifs is 1. The van der Waals surface area contributed by atoms with E-state index in [9.17, 15) is 9.90 Å². The molecule has 3 aromatic carbocycles. The molecule has 0 saturated carbocycles. The SMILES string of the molecule is Cc1cccc(C)c1OCCOc1ccc2ccccc2c1C1NC(C(=O)O)CS1. The predicted molar refractivity (Wildman–Crippen MR) is 121 cm³/mol. The lowest BCUT2D eigenvalue weighted by molar-refractivity contribution is -0.138. The molecule has 1 fully saturated rings. The third kappa shape index (κ3) is 4.25. The molecule has 0 aliphatic carbocycles. The fourth-order valence-electron chi connectivity index (χ4n) is 3.77. The number of carboxylic acid groups (broad SMARTS) is 1. The number of benzene rings is 3. The molecule has 0 bridgehead atoms. The standard InChI is InChI=1S/C24H25NO4S/c1-15-6-5-7-16(2)22(15)29-13-12-28-20-11-10-17-8-3-4-9-18(17)21(20)23-25-19(14-30-23)24(26)27/h3-11,19,23,25H,12-14H2,1-2H3,(H,26,27). The molecule has 1 aliphatic rings. The second kappa shape index (κ2) is 8.98. The van der Waals surface area contributed by atoms with Gasteiger partial charge in [-0.2, -0.15) is 0 Å². The number of para-hydroxylation sites is 1. The average molecular weight is 424 g/mol. The third-order valence-electron chi connectivity index (χ3n) is 5.27. The van der Waals surface area contributed by atoms with E-state index in [1.54, 1.807) is 11.8 Å². The second-order valence-corrected chi connectivity index (χ2v) is 8.53. The number of carbonyl (C=O) groups is 1. The van der Waals surface area contributed by atoms with Crippen molar-refractivity contribution in [3.8, 4) is 11.5 Å². The summed E-state index contributed by atoms with van der Waals surface area (Å²) >= 11 is 1.60. The molecular formula is C24H25NO4S. The van der Waals surface area contributed by atoms with Gasteiger partial charge in [-0.25, -0.2) is 0 Å². The number of hydrogen-bond donors (Lipinski definition) is 2. The van der Waals surface area contributed by atoms with E-state index in [2.05, 4.69) is 17.4 Å². The summed E-state index contributed by atoms with van der Waals surface area (Å²) in [7, 11) is 0. The number of aliphatic carboxylic acids is 1. The van der Waals surface area contributed by atoms with Crippen LogP contribution in [0, 0.1) is 13.8 Å². The zero-order valence-electron chi connectivity index (χ0n) is 17.1. The molecule has 5 nitrogen and oxygen atoms in total. The van der Waals surface area contributed by atoms with Gasteiger partial charge in [0, 0.05) is 11.3 Å². The highest BCUT2D eigenvalue weighted by molar-refractivity contribution is 7.99. The van der Waals surface area contributed by atoms with E-state index in [1.807, 2.05) is 56.3 Å². The van der Waals surface area contributed by atoms with Crippen LogP contribution in [0.15, 0.2) is 54.6 Å². The van der Waals surface area contributed by atoms with Crippen LogP contribution in [0.3, 0.4) is 0 Å². The van der Waals surface area contributed by atoms with Crippen LogP contribution in [0.2, 0.25) is 0 Å². The van der Waals surface area contributed by atoms with E-state index in [-0.39, 0.29) is 5.37 Å². The van der Waals surface area contributed by atoms with E-state index in [1.165, 1.54) is 0 Å². The van der Waals surface area contributed by atoms with Gasteiger partial charge in [-0.3, -0.25) is 10.1 Å². The van der Waals surface area contributed by atoms with Crippen molar-refractivity contribution in [2.45, 2.75) is 25.3 Å². The highest BCUT2D eigenvalue weighted by Crippen LogP contribution is 2.41. The second-order valence-electron chi connectivity index (χ2n) is 7.39. The topological polar surface area (TPSA) is 67.8 Å². The number of thioether (sulfide) groups is 1. The Morgan fingerprint density at radius 2 is 1.77 bits per heavy atom.